The topological polar surface area (TPSA) is 96.6 Å². The number of nitrogens with one attached hydrogen (secondary N) is 1. The number of methoxy groups -OCH3 is 1. The van der Waals surface area contributed by atoms with E-state index in [0.717, 1.165) is 24.2 Å². The van der Waals surface area contributed by atoms with E-state index in [1.165, 1.54) is 4.68 Å². The Morgan fingerprint density at radius 2 is 1.91 bits per heavy atom. The van der Waals surface area contributed by atoms with E-state index >= 15 is 0 Å². The number of aromatic nitrogens is 3. The average molecular weight is 436 g/mol. The molecule has 0 radical (unpaired) electrons. The lowest BCUT2D eigenvalue weighted by Gasteiger charge is -2.25. The SMILES string of the molecule is COc1ccc(-c2nn(CCNC(=O)C3COc4ccccc4O3)c(=O)n2C2CC2)cc1. The first-order valence-electron chi connectivity index (χ1n) is 10.6. The smallest absolute Gasteiger partial charge is 0.346 e. The molecule has 1 aliphatic carbocycles. The number of para-hydroxylation sites is 2. The maximum atomic E-state index is 13.0. The molecule has 1 N–H and O–H groups in total. The number of ether oxygens (including phenoxy) is 3. The predicted octanol–water partition coefficient (Wildman–Crippen LogP) is 2.01. The Bertz CT molecular complexity index is 1180. The van der Waals surface area contributed by atoms with Crippen LogP contribution in [0.1, 0.15) is 18.9 Å². The molecule has 2 heterocycles. The Balaban J connectivity index is 1.26. The van der Waals surface area contributed by atoms with Crippen LogP contribution in [0.25, 0.3) is 11.4 Å². The number of hydrogen-bond donors (Lipinski definition) is 1. The summed E-state index contributed by atoms with van der Waals surface area (Å²) >= 11 is 0. The quantitative estimate of drug-likeness (QED) is 0.609. The summed E-state index contributed by atoms with van der Waals surface area (Å²) in [5, 5.41) is 7.37. The van der Waals surface area contributed by atoms with E-state index in [4.69, 9.17) is 14.2 Å². The third kappa shape index (κ3) is 3.93. The largest absolute Gasteiger partial charge is 0.497 e. The van der Waals surface area contributed by atoms with Crippen molar-refractivity contribution in [2.24, 2.45) is 0 Å². The Kier molecular flexibility index (Phi) is 5.30. The summed E-state index contributed by atoms with van der Waals surface area (Å²) in [6, 6.07) is 14.9. The van der Waals surface area contributed by atoms with E-state index in [0.29, 0.717) is 17.3 Å². The summed E-state index contributed by atoms with van der Waals surface area (Å²) in [7, 11) is 1.61. The lowest BCUT2D eigenvalue weighted by Crippen LogP contribution is -2.45. The zero-order valence-electron chi connectivity index (χ0n) is 17.7. The molecule has 0 bridgehead atoms. The highest BCUT2D eigenvalue weighted by molar-refractivity contribution is 5.81. The first-order chi connectivity index (χ1) is 15.6. The van der Waals surface area contributed by atoms with Crippen LogP contribution in [-0.2, 0) is 11.3 Å². The highest BCUT2D eigenvalue weighted by Gasteiger charge is 2.31. The normalized spacial score (nSPS) is 17.1. The number of nitrogens with zero attached hydrogens (tertiary/aromatic N) is 3. The number of fused-ring (bicyclic) bond motifs is 1. The molecule has 9 heteroatoms. The second-order valence-corrected chi connectivity index (χ2v) is 7.81. The molecular weight excluding hydrogens is 412 g/mol. The van der Waals surface area contributed by atoms with Crippen LogP contribution in [0.3, 0.4) is 0 Å². The van der Waals surface area contributed by atoms with Gasteiger partial charge in [-0.1, -0.05) is 12.1 Å². The van der Waals surface area contributed by atoms with Gasteiger partial charge in [0.15, 0.2) is 17.3 Å². The number of carbonyl (C=O) groups is 1. The van der Waals surface area contributed by atoms with Gasteiger partial charge in [0.25, 0.3) is 5.91 Å². The molecular formula is C23H24N4O5. The summed E-state index contributed by atoms with van der Waals surface area (Å²) in [6.07, 6.45) is 1.19. The highest BCUT2D eigenvalue weighted by atomic mass is 16.6. The zero-order chi connectivity index (χ0) is 22.1. The summed E-state index contributed by atoms with van der Waals surface area (Å²) in [5.74, 6) is 2.26. The second kappa shape index (κ2) is 8.41. The first-order valence-corrected chi connectivity index (χ1v) is 10.6. The van der Waals surface area contributed by atoms with Crippen LogP contribution < -0.4 is 25.2 Å². The van der Waals surface area contributed by atoms with Crippen molar-refractivity contribution in [2.75, 3.05) is 20.3 Å². The van der Waals surface area contributed by atoms with Crippen molar-refractivity contribution in [3.8, 4) is 28.6 Å². The fourth-order valence-electron chi connectivity index (χ4n) is 3.71. The maximum Gasteiger partial charge on any atom is 0.346 e. The fraction of sp³-hybridized carbons (Fsp3) is 0.348. The minimum atomic E-state index is -0.736. The van der Waals surface area contributed by atoms with Gasteiger partial charge in [0.1, 0.15) is 12.4 Å². The van der Waals surface area contributed by atoms with Crippen molar-refractivity contribution >= 4 is 5.91 Å². The average Bonchev–Trinajstić information content (AvgIpc) is 3.62. The van der Waals surface area contributed by atoms with Gasteiger partial charge in [-0.05, 0) is 49.2 Å². The highest BCUT2D eigenvalue weighted by Crippen LogP contribution is 2.36. The molecule has 2 aliphatic rings. The number of rotatable bonds is 7. The van der Waals surface area contributed by atoms with E-state index in [1.54, 1.807) is 23.8 Å². The first kappa shape index (κ1) is 20.2. The minimum Gasteiger partial charge on any atom is -0.497 e. The van der Waals surface area contributed by atoms with Crippen molar-refractivity contribution in [3.63, 3.8) is 0 Å². The van der Waals surface area contributed by atoms with Crippen LogP contribution in [0.5, 0.6) is 17.2 Å². The second-order valence-electron chi connectivity index (χ2n) is 7.81. The Labute approximate surface area is 184 Å². The third-order valence-corrected chi connectivity index (χ3v) is 5.55. The van der Waals surface area contributed by atoms with Gasteiger partial charge in [-0.25, -0.2) is 9.48 Å². The fourth-order valence-corrected chi connectivity index (χ4v) is 3.71. The molecule has 166 valence electrons. The number of hydrogen-bond acceptors (Lipinski definition) is 6. The molecule has 1 unspecified atom stereocenters. The van der Waals surface area contributed by atoms with Gasteiger partial charge in [-0.15, -0.1) is 5.10 Å². The van der Waals surface area contributed by atoms with Gasteiger partial charge in [0.2, 0.25) is 6.10 Å². The Hall–Kier alpha value is -3.75. The molecule has 0 saturated heterocycles. The van der Waals surface area contributed by atoms with Crippen LogP contribution in [0.15, 0.2) is 53.3 Å². The van der Waals surface area contributed by atoms with E-state index in [2.05, 4.69) is 10.4 Å². The van der Waals surface area contributed by atoms with Gasteiger partial charge >= 0.3 is 5.69 Å². The van der Waals surface area contributed by atoms with Crippen molar-refractivity contribution in [1.29, 1.82) is 0 Å². The van der Waals surface area contributed by atoms with Crippen LogP contribution in [0.2, 0.25) is 0 Å². The molecule has 9 nitrogen and oxygen atoms in total. The number of benzene rings is 2. The summed E-state index contributed by atoms with van der Waals surface area (Å²) in [6.45, 7) is 0.655. The van der Waals surface area contributed by atoms with Gasteiger partial charge < -0.3 is 19.5 Å². The van der Waals surface area contributed by atoms with Gasteiger partial charge in [-0.2, -0.15) is 0 Å². The van der Waals surface area contributed by atoms with E-state index in [9.17, 15) is 9.59 Å². The van der Waals surface area contributed by atoms with E-state index in [-0.39, 0.29) is 37.3 Å². The Morgan fingerprint density at radius 1 is 1.16 bits per heavy atom. The van der Waals surface area contributed by atoms with E-state index in [1.807, 2.05) is 36.4 Å². The summed E-state index contributed by atoms with van der Waals surface area (Å²) in [4.78, 5) is 25.5. The lowest BCUT2D eigenvalue weighted by atomic mass is 10.2. The molecule has 2 aromatic carbocycles. The molecule has 3 aromatic rings. The summed E-state index contributed by atoms with van der Waals surface area (Å²) in [5.41, 5.74) is 0.683. The van der Waals surface area contributed by atoms with Crippen molar-refractivity contribution in [2.45, 2.75) is 31.5 Å². The molecule has 32 heavy (non-hydrogen) atoms. The molecule has 1 atom stereocenters. The molecule has 1 amide bonds. The van der Waals surface area contributed by atoms with Crippen molar-refractivity contribution in [3.05, 3.63) is 59.0 Å². The van der Waals surface area contributed by atoms with Crippen LogP contribution >= 0.6 is 0 Å². The van der Waals surface area contributed by atoms with E-state index < -0.39 is 6.10 Å². The minimum absolute atomic E-state index is 0.140. The standard InChI is InChI=1S/C23H24N4O5/c1-30-17-10-6-15(7-11-17)21-25-26(23(29)27(21)16-8-9-16)13-12-24-22(28)20-14-31-18-4-2-3-5-19(18)32-20/h2-7,10-11,16,20H,8-9,12-14H2,1H3,(H,24,28). The van der Waals surface area contributed by atoms with Crippen molar-refractivity contribution in [1.82, 2.24) is 19.7 Å². The molecule has 5 rings (SSSR count). The monoisotopic (exact) mass is 436 g/mol. The molecule has 1 aromatic heterocycles. The predicted molar refractivity (Wildman–Crippen MR) is 116 cm³/mol. The number of carbonyl (C=O) groups excluding carboxylic acids is 1. The third-order valence-electron chi connectivity index (χ3n) is 5.55. The Morgan fingerprint density at radius 3 is 2.62 bits per heavy atom. The molecule has 1 aliphatic heterocycles. The van der Waals surface area contributed by atoms with Gasteiger partial charge in [-0.3, -0.25) is 9.36 Å². The van der Waals surface area contributed by atoms with Gasteiger partial charge in [0, 0.05) is 18.2 Å². The van der Waals surface area contributed by atoms with Crippen molar-refractivity contribution < 1.29 is 19.0 Å². The summed E-state index contributed by atoms with van der Waals surface area (Å²) < 4.78 is 19.7. The van der Waals surface area contributed by atoms with Crippen LogP contribution in [-0.4, -0.2) is 46.6 Å². The zero-order valence-corrected chi connectivity index (χ0v) is 17.7. The van der Waals surface area contributed by atoms with Gasteiger partial charge in [0.05, 0.1) is 13.7 Å². The molecule has 1 fully saturated rings. The maximum absolute atomic E-state index is 13.0. The number of amides is 1. The molecule has 1 saturated carbocycles. The molecule has 0 spiro atoms. The van der Waals surface area contributed by atoms with Crippen LogP contribution in [0, 0.1) is 0 Å². The van der Waals surface area contributed by atoms with Crippen LogP contribution in [0.4, 0.5) is 0 Å². The lowest BCUT2D eigenvalue weighted by molar-refractivity contribution is -0.130.